The number of amides is 1. The molecule has 2 aromatic carbocycles. The predicted octanol–water partition coefficient (Wildman–Crippen LogP) is 3.91. The van der Waals surface area contributed by atoms with Crippen LogP contribution in [0.1, 0.15) is 41.4 Å². The Bertz CT molecular complexity index is 867. The Kier molecular flexibility index (Phi) is 7.57. The molecule has 7 nitrogen and oxygen atoms in total. The molecule has 0 fully saturated rings. The lowest BCUT2D eigenvalue weighted by Crippen LogP contribution is -2.31. The van der Waals surface area contributed by atoms with E-state index in [0.717, 1.165) is 18.1 Å². The molecule has 8 heteroatoms. The van der Waals surface area contributed by atoms with Crippen molar-refractivity contribution in [2.45, 2.75) is 31.2 Å². The molecule has 0 radical (unpaired) electrons. The monoisotopic (exact) mass is 402 g/mol. The Morgan fingerprint density at radius 3 is 2.46 bits per heavy atom. The number of esters is 1. The number of hydrogen-bond donors (Lipinski definition) is 1. The molecule has 0 aliphatic carbocycles. The Morgan fingerprint density at radius 1 is 1.21 bits per heavy atom. The number of thioether (sulfide) groups is 1. The van der Waals surface area contributed by atoms with Crippen molar-refractivity contribution in [2.24, 2.45) is 0 Å². The highest BCUT2D eigenvalue weighted by molar-refractivity contribution is 7.98. The van der Waals surface area contributed by atoms with E-state index >= 15 is 0 Å². The summed E-state index contributed by atoms with van der Waals surface area (Å²) < 4.78 is 4.99. The van der Waals surface area contributed by atoms with Gasteiger partial charge in [-0.1, -0.05) is 31.2 Å². The largest absolute Gasteiger partial charge is 0.452 e. The summed E-state index contributed by atoms with van der Waals surface area (Å²) >= 11 is 1.21. The number of carbonyl (C=O) groups is 2. The summed E-state index contributed by atoms with van der Waals surface area (Å²) in [6, 6.07) is 11.7. The first-order valence-corrected chi connectivity index (χ1v) is 9.96. The van der Waals surface area contributed by atoms with Gasteiger partial charge >= 0.3 is 5.97 Å². The summed E-state index contributed by atoms with van der Waals surface area (Å²) in [6.45, 7) is 3.44. The summed E-state index contributed by atoms with van der Waals surface area (Å²) in [6.07, 6.45) is 2.65. The summed E-state index contributed by atoms with van der Waals surface area (Å²) in [5.41, 5.74) is 2.01. The van der Waals surface area contributed by atoms with E-state index in [-0.39, 0.29) is 17.3 Å². The minimum absolute atomic E-state index is 0.0282. The van der Waals surface area contributed by atoms with Gasteiger partial charge in [-0.2, -0.15) is 0 Å². The van der Waals surface area contributed by atoms with Crippen LogP contribution >= 0.6 is 11.8 Å². The first-order valence-electron chi connectivity index (χ1n) is 8.73. The molecule has 1 atom stereocenters. The zero-order chi connectivity index (χ0) is 20.7. The SMILES string of the molecule is CCc1ccc([C@H](C)NC(=O)COC(=O)c2ccc(SC)c([N+](=O)[O-])c2)cc1. The Morgan fingerprint density at radius 2 is 1.89 bits per heavy atom. The summed E-state index contributed by atoms with van der Waals surface area (Å²) in [7, 11) is 0. The molecule has 0 spiro atoms. The van der Waals surface area contributed by atoms with Gasteiger partial charge in [0.1, 0.15) is 0 Å². The van der Waals surface area contributed by atoms with Gasteiger partial charge in [0.05, 0.1) is 21.4 Å². The molecule has 0 saturated carbocycles. The molecule has 0 heterocycles. The van der Waals surface area contributed by atoms with E-state index in [2.05, 4.69) is 12.2 Å². The highest BCUT2D eigenvalue weighted by Crippen LogP contribution is 2.28. The second-order valence-corrected chi connectivity index (χ2v) is 6.95. The Hall–Kier alpha value is -2.87. The van der Waals surface area contributed by atoms with E-state index in [0.29, 0.717) is 4.90 Å². The second-order valence-electron chi connectivity index (χ2n) is 6.10. The highest BCUT2D eigenvalue weighted by Gasteiger charge is 2.19. The number of hydrogen-bond acceptors (Lipinski definition) is 6. The minimum Gasteiger partial charge on any atom is -0.452 e. The number of nitro groups is 1. The van der Waals surface area contributed by atoms with Crippen molar-refractivity contribution in [1.29, 1.82) is 0 Å². The average Bonchev–Trinajstić information content (AvgIpc) is 2.71. The number of nitrogens with one attached hydrogen (secondary N) is 1. The molecule has 0 aliphatic rings. The van der Waals surface area contributed by atoms with Crippen molar-refractivity contribution in [1.82, 2.24) is 5.32 Å². The molecule has 0 bridgehead atoms. The fourth-order valence-corrected chi connectivity index (χ4v) is 3.13. The number of nitrogens with zero attached hydrogens (tertiary/aromatic N) is 1. The van der Waals surface area contributed by atoms with Crippen LogP contribution in [0.4, 0.5) is 5.69 Å². The molecule has 1 N–H and O–H groups in total. The third-order valence-corrected chi connectivity index (χ3v) is 5.00. The van der Waals surface area contributed by atoms with Gasteiger partial charge in [-0.05, 0) is 42.9 Å². The standard InChI is InChI=1S/C20H22N2O5S/c1-4-14-5-7-15(8-6-14)13(2)21-19(23)12-27-20(24)16-9-10-18(28-3)17(11-16)22(25)26/h5-11,13H,4,12H2,1-3H3,(H,21,23)/t13-/m0/s1. The van der Waals surface area contributed by atoms with Crippen LogP contribution in [-0.2, 0) is 16.0 Å². The molecule has 0 aromatic heterocycles. The smallest absolute Gasteiger partial charge is 0.338 e. The van der Waals surface area contributed by atoms with Crippen molar-refractivity contribution < 1.29 is 19.2 Å². The normalized spacial score (nSPS) is 11.5. The lowest BCUT2D eigenvalue weighted by molar-refractivity contribution is -0.387. The molecule has 28 heavy (non-hydrogen) atoms. The van der Waals surface area contributed by atoms with Crippen molar-refractivity contribution >= 4 is 29.3 Å². The summed E-state index contributed by atoms with van der Waals surface area (Å²) in [5, 5.41) is 13.9. The zero-order valence-electron chi connectivity index (χ0n) is 15.9. The van der Waals surface area contributed by atoms with Gasteiger partial charge in [0.2, 0.25) is 0 Å². The maximum atomic E-state index is 12.1. The molecule has 148 valence electrons. The lowest BCUT2D eigenvalue weighted by Gasteiger charge is -2.15. The van der Waals surface area contributed by atoms with Gasteiger partial charge in [-0.3, -0.25) is 14.9 Å². The third-order valence-electron chi connectivity index (χ3n) is 4.21. The maximum absolute atomic E-state index is 12.1. The molecule has 2 aromatic rings. The van der Waals surface area contributed by atoms with Crippen LogP contribution < -0.4 is 5.32 Å². The van der Waals surface area contributed by atoms with E-state index in [1.807, 2.05) is 31.2 Å². The van der Waals surface area contributed by atoms with Crippen LogP contribution in [0.2, 0.25) is 0 Å². The van der Waals surface area contributed by atoms with Crippen LogP contribution in [0.3, 0.4) is 0 Å². The van der Waals surface area contributed by atoms with Crippen LogP contribution in [0.15, 0.2) is 47.4 Å². The van der Waals surface area contributed by atoms with E-state index in [1.54, 1.807) is 6.26 Å². The Balaban J connectivity index is 1.93. The summed E-state index contributed by atoms with van der Waals surface area (Å²) in [4.78, 5) is 35.2. The fraction of sp³-hybridized carbons (Fsp3) is 0.300. The van der Waals surface area contributed by atoms with Crippen molar-refractivity contribution in [3.05, 3.63) is 69.3 Å². The van der Waals surface area contributed by atoms with Gasteiger partial charge in [0.15, 0.2) is 6.61 Å². The Labute approximate surface area is 167 Å². The zero-order valence-corrected chi connectivity index (χ0v) is 16.7. The van der Waals surface area contributed by atoms with Gasteiger partial charge in [0, 0.05) is 6.07 Å². The topological polar surface area (TPSA) is 98.5 Å². The van der Waals surface area contributed by atoms with Crippen LogP contribution in [0.25, 0.3) is 0 Å². The lowest BCUT2D eigenvalue weighted by atomic mass is 10.1. The maximum Gasteiger partial charge on any atom is 0.338 e. The van der Waals surface area contributed by atoms with Gasteiger partial charge in [0.25, 0.3) is 11.6 Å². The van der Waals surface area contributed by atoms with E-state index in [9.17, 15) is 19.7 Å². The fourth-order valence-electron chi connectivity index (χ4n) is 2.58. The van der Waals surface area contributed by atoms with Gasteiger partial charge in [-0.15, -0.1) is 11.8 Å². The van der Waals surface area contributed by atoms with Crippen LogP contribution in [0, 0.1) is 10.1 Å². The summed E-state index contributed by atoms with van der Waals surface area (Å²) in [5.74, 6) is -1.23. The first-order chi connectivity index (χ1) is 13.3. The molecule has 0 aliphatic heterocycles. The van der Waals surface area contributed by atoms with Gasteiger partial charge in [-0.25, -0.2) is 4.79 Å². The quantitative estimate of drug-likeness (QED) is 0.311. The number of nitro benzene ring substituents is 1. The average molecular weight is 402 g/mol. The van der Waals surface area contributed by atoms with Gasteiger partial charge < -0.3 is 10.1 Å². The minimum atomic E-state index is -0.786. The molecular weight excluding hydrogens is 380 g/mol. The molecule has 0 unspecified atom stereocenters. The third kappa shape index (κ3) is 5.56. The molecule has 0 saturated heterocycles. The molecular formula is C20H22N2O5S. The van der Waals surface area contributed by atoms with Crippen LogP contribution in [0.5, 0.6) is 0 Å². The van der Waals surface area contributed by atoms with Crippen molar-refractivity contribution in [2.75, 3.05) is 12.9 Å². The van der Waals surface area contributed by atoms with Crippen LogP contribution in [-0.4, -0.2) is 29.7 Å². The predicted molar refractivity (Wildman–Crippen MR) is 108 cm³/mol. The number of rotatable bonds is 8. The first kappa shape index (κ1) is 21.4. The number of benzene rings is 2. The number of carbonyl (C=O) groups excluding carboxylic acids is 2. The van der Waals surface area contributed by atoms with E-state index in [4.69, 9.17) is 4.74 Å². The van der Waals surface area contributed by atoms with Crippen molar-refractivity contribution in [3.63, 3.8) is 0 Å². The highest BCUT2D eigenvalue weighted by atomic mass is 32.2. The van der Waals surface area contributed by atoms with E-state index in [1.165, 1.54) is 29.5 Å². The second kappa shape index (κ2) is 9.89. The molecule has 2 rings (SSSR count). The number of ether oxygens (including phenoxy) is 1. The van der Waals surface area contributed by atoms with Crippen molar-refractivity contribution in [3.8, 4) is 0 Å². The molecule has 1 amide bonds. The number of aryl methyl sites for hydroxylation is 1. The van der Waals surface area contributed by atoms with E-state index < -0.39 is 23.4 Å².